The first-order valence-electron chi connectivity index (χ1n) is 8.42. The van der Waals surface area contributed by atoms with Gasteiger partial charge in [-0.15, -0.1) is 0 Å². The highest BCUT2D eigenvalue weighted by Crippen LogP contribution is 2.20. The zero-order valence-electron chi connectivity index (χ0n) is 15.3. The smallest absolute Gasteiger partial charge is 0.332 e. The van der Waals surface area contributed by atoms with Crippen LogP contribution in [0.1, 0.15) is 12.5 Å². The van der Waals surface area contributed by atoms with E-state index in [2.05, 4.69) is 4.98 Å². The van der Waals surface area contributed by atoms with Gasteiger partial charge in [0.1, 0.15) is 0 Å². The molecule has 0 aliphatic rings. The summed E-state index contributed by atoms with van der Waals surface area (Å²) < 4.78 is 9.07. The summed E-state index contributed by atoms with van der Waals surface area (Å²) in [5, 5.41) is 0.475. The number of rotatable bonds is 6. The molecule has 0 atom stereocenters. The lowest BCUT2D eigenvalue weighted by atomic mass is 10.2. The van der Waals surface area contributed by atoms with Crippen LogP contribution in [0.4, 0.5) is 0 Å². The second kappa shape index (κ2) is 7.83. The summed E-state index contributed by atoms with van der Waals surface area (Å²) >= 11 is 1.17. The van der Waals surface area contributed by atoms with Crippen LogP contribution in [0.15, 0.2) is 45.1 Å². The fourth-order valence-corrected chi connectivity index (χ4v) is 3.55. The standard InChI is InChI=1S/C18H20N4O4S/c1-4-26-13(23)11-27-17-19-15-14(20(17)2)16(24)22(18(25)21(15)3)10-12-8-6-5-7-9-12/h5-9H,4,10-11H2,1-3H3. The summed E-state index contributed by atoms with van der Waals surface area (Å²) in [5.41, 5.74) is 0.629. The predicted molar refractivity (Wildman–Crippen MR) is 103 cm³/mol. The summed E-state index contributed by atoms with van der Waals surface area (Å²) in [6.45, 7) is 2.22. The van der Waals surface area contributed by atoms with Crippen molar-refractivity contribution in [2.75, 3.05) is 12.4 Å². The van der Waals surface area contributed by atoms with E-state index < -0.39 is 11.2 Å². The molecule has 0 saturated carbocycles. The minimum Gasteiger partial charge on any atom is -0.465 e. The molecule has 0 amide bonds. The molecule has 0 radical (unpaired) electrons. The first kappa shape index (κ1) is 19.0. The lowest BCUT2D eigenvalue weighted by Crippen LogP contribution is -2.39. The first-order valence-corrected chi connectivity index (χ1v) is 9.41. The fourth-order valence-electron chi connectivity index (χ4n) is 2.78. The Balaban J connectivity index is 2.05. The molecule has 0 fully saturated rings. The molecule has 8 nitrogen and oxygen atoms in total. The maximum absolute atomic E-state index is 13.0. The van der Waals surface area contributed by atoms with Gasteiger partial charge in [0.15, 0.2) is 16.3 Å². The molecule has 2 aromatic heterocycles. The maximum atomic E-state index is 13.0. The highest BCUT2D eigenvalue weighted by Gasteiger charge is 2.19. The van der Waals surface area contributed by atoms with Crippen molar-refractivity contribution >= 4 is 28.9 Å². The van der Waals surface area contributed by atoms with Crippen LogP contribution in [0.25, 0.3) is 11.2 Å². The highest BCUT2D eigenvalue weighted by atomic mass is 32.2. The Bertz CT molecular complexity index is 1100. The number of carbonyl (C=O) groups is 1. The minimum atomic E-state index is -0.434. The van der Waals surface area contributed by atoms with Gasteiger partial charge >= 0.3 is 11.7 Å². The first-order chi connectivity index (χ1) is 12.9. The molecule has 9 heteroatoms. The van der Waals surface area contributed by atoms with E-state index in [0.29, 0.717) is 22.9 Å². The van der Waals surface area contributed by atoms with E-state index in [1.165, 1.54) is 20.9 Å². The third-order valence-electron chi connectivity index (χ3n) is 4.13. The number of aryl methyl sites for hydroxylation is 2. The van der Waals surface area contributed by atoms with Gasteiger partial charge in [-0.3, -0.25) is 18.7 Å². The molecule has 0 saturated heterocycles. The molecule has 142 valence electrons. The molecule has 2 heterocycles. The molecular weight excluding hydrogens is 368 g/mol. The summed E-state index contributed by atoms with van der Waals surface area (Å²) in [4.78, 5) is 41.6. The Morgan fingerprint density at radius 2 is 1.85 bits per heavy atom. The minimum absolute atomic E-state index is 0.0805. The van der Waals surface area contributed by atoms with E-state index in [-0.39, 0.29) is 18.3 Å². The average molecular weight is 388 g/mol. The lowest BCUT2D eigenvalue weighted by molar-refractivity contribution is -0.139. The van der Waals surface area contributed by atoms with Crippen LogP contribution < -0.4 is 11.2 Å². The van der Waals surface area contributed by atoms with Crippen molar-refractivity contribution in [3.63, 3.8) is 0 Å². The molecular formula is C18H20N4O4S. The van der Waals surface area contributed by atoms with Crippen molar-refractivity contribution in [3.8, 4) is 0 Å². The topological polar surface area (TPSA) is 88.1 Å². The summed E-state index contributed by atoms with van der Waals surface area (Å²) in [6, 6.07) is 9.32. The number of fused-ring (bicyclic) bond motifs is 1. The van der Waals surface area contributed by atoms with Crippen LogP contribution in [0.2, 0.25) is 0 Å². The lowest BCUT2D eigenvalue weighted by Gasteiger charge is -2.08. The molecule has 0 bridgehead atoms. The highest BCUT2D eigenvalue weighted by molar-refractivity contribution is 7.99. The van der Waals surface area contributed by atoms with E-state index in [9.17, 15) is 14.4 Å². The molecule has 1 aromatic carbocycles. The zero-order chi connectivity index (χ0) is 19.6. The Hall–Kier alpha value is -2.81. The zero-order valence-corrected chi connectivity index (χ0v) is 16.2. The monoisotopic (exact) mass is 388 g/mol. The van der Waals surface area contributed by atoms with Crippen molar-refractivity contribution in [1.82, 2.24) is 18.7 Å². The largest absolute Gasteiger partial charge is 0.465 e. The molecule has 0 aliphatic heterocycles. The number of benzene rings is 1. The van der Waals surface area contributed by atoms with Gasteiger partial charge in [0.2, 0.25) is 0 Å². The normalized spacial score (nSPS) is 11.1. The van der Waals surface area contributed by atoms with E-state index in [1.807, 2.05) is 30.3 Å². The van der Waals surface area contributed by atoms with Gasteiger partial charge in [-0.1, -0.05) is 42.1 Å². The molecule has 3 rings (SSSR count). The van der Waals surface area contributed by atoms with Crippen LogP contribution in [-0.4, -0.2) is 37.0 Å². The van der Waals surface area contributed by atoms with Crippen molar-refractivity contribution < 1.29 is 9.53 Å². The summed E-state index contributed by atoms with van der Waals surface area (Å²) in [6.07, 6.45) is 0. The number of ether oxygens (including phenoxy) is 1. The summed E-state index contributed by atoms with van der Waals surface area (Å²) in [5.74, 6) is -0.276. The van der Waals surface area contributed by atoms with Crippen molar-refractivity contribution in [2.24, 2.45) is 14.1 Å². The van der Waals surface area contributed by atoms with Crippen LogP contribution in [-0.2, 0) is 30.2 Å². The number of imidazole rings is 1. The second-order valence-electron chi connectivity index (χ2n) is 5.94. The number of nitrogens with zero attached hydrogens (tertiary/aromatic N) is 4. The van der Waals surface area contributed by atoms with Crippen LogP contribution in [0, 0.1) is 0 Å². The Kier molecular flexibility index (Phi) is 5.50. The van der Waals surface area contributed by atoms with Crippen molar-refractivity contribution in [1.29, 1.82) is 0 Å². The quantitative estimate of drug-likeness (QED) is 0.465. The van der Waals surface area contributed by atoms with Gasteiger partial charge in [0.25, 0.3) is 5.56 Å². The van der Waals surface area contributed by atoms with Gasteiger partial charge in [-0.25, -0.2) is 9.78 Å². The van der Waals surface area contributed by atoms with E-state index >= 15 is 0 Å². The van der Waals surface area contributed by atoms with Gasteiger partial charge in [0, 0.05) is 14.1 Å². The van der Waals surface area contributed by atoms with E-state index in [0.717, 1.165) is 5.56 Å². The molecule has 0 aliphatic carbocycles. The Morgan fingerprint density at radius 1 is 1.15 bits per heavy atom. The third kappa shape index (κ3) is 3.68. The number of esters is 1. The predicted octanol–water partition coefficient (Wildman–Crippen LogP) is 1.14. The number of hydrogen-bond donors (Lipinski definition) is 0. The van der Waals surface area contributed by atoms with E-state index in [4.69, 9.17) is 4.74 Å². The third-order valence-corrected chi connectivity index (χ3v) is 5.13. The Labute approximate surface area is 159 Å². The van der Waals surface area contributed by atoms with Crippen LogP contribution >= 0.6 is 11.8 Å². The van der Waals surface area contributed by atoms with Gasteiger partial charge in [-0.2, -0.15) is 0 Å². The van der Waals surface area contributed by atoms with Crippen molar-refractivity contribution in [2.45, 2.75) is 18.6 Å². The van der Waals surface area contributed by atoms with Crippen LogP contribution in [0.3, 0.4) is 0 Å². The molecule has 0 N–H and O–H groups in total. The van der Waals surface area contributed by atoms with Crippen molar-refractivity contribution in [3.05, 3.63) is 56.7 Å². The molecule has 0 unspecified atom stereocenters. The van der Waals surface area contributed by atoms with E-state index in [1.54, 1.807) is 25.6 Å². The maximum Gasteiger partial charge on any atom is 0.332 e. The van der Waals surface area contributed by atoms with Gasteiger partial charge in [-0.05, 0) is 12.5 Å². The summed E-state index contributed by atoms with van der Waals surface area (Å²) in [7, 11) is 3.28. The number of thioether (sulfide) groups is 1. The number of hydrogen-bond acceptors (Lipinski definition) is 6. The van der Waals surface area contributed by atoms with Crippen LogP contribution in [0.5, 0.6) is 0 Å². The van der Waals surface area contributed by atoms with Gasteiger partial charge in [0.05, 0.1) is 18.9 Å². The number of carbonyl (C=O) groups excluding carboxylic acids is 1. The molecule has 0 spiro atoms. The van der Waals surface area contributed by atoms with Gasteiger partial charge < -0.3 is 9.30 Å². The molecule has 27 heavy (non-hydrogen) atoms. The fraction of sp³-hybridized carbons (Fsp3) is 0.333. The Morgan fingerprint density at radius 3 is 2.52 bits per heavy atom. The second-order valence-corrected chi connectivity index (χ2v) is 6.88. The SMILES string of the molecule is CCOC(=O)CSc1nc2c(c(=O)n(Cc3ccccc3)c(=O)n2C)n1C. The number of aromatic nitrogens is 4. The average Bonchev–Trinajstić information content (AvgIpc) is 2.99. The molecule has 3 aromatic rings.